The van der Waals surface area contributed by atoms with Gasteiger partial charge in [0, 0.05) is 17.5 Å². The van der Waals surface area contributed by atoms with Crippen LogP contribution in [0.15, 0.2) is 92.9 Å². The molecule has 0 aliphatic rings. The van der Waals surface area contributed by atoms with E-state index < -0.39 is 0 Å². The highest BCUT2D eigenvalue weighted by atomic mass is 32.1. The Morgan fingerprint density at radius 1 is 0.926 bits per heavy atom. The molecular formula is C22H19N3OS. The standard InChI is InChI=1S/C22H19N3OS/c1-2-23-22-25(24-15-20-9-6-14-26-20)21(16-27-22)19-12-10-18(11-13-19)17-7-4-3-5-8-17/h3-16H,2H2,1H3. The number of thiazole rings is 1. The molecule has 2 aromatic heterocycles. The number of hydrogen-bond acceptors (Lipinski definition) is 4. The number of rotatable bonds is 5. The van der Waals surface area contributed by atoms with Crippen LogP contribution in [0.4, 0.5) is 0 Å². The normalized spacial score (nSPS) is 12.1. The van der Waals surface area contributed by atoms with E-state index >= 15 is 0 Å². The Bertz CT molecular complexity index is 1090. The molecule has 0 saturated carbocycles. The lowest BCUT2D eigenvalue weighted by Crippen LogP contribution is -2.12. The number of hydrogen-bond donors (Lipinski definition) is 0. The van der Waals surface area contributed by atoms with Crippen molar-refractivity contribution >= 4 is 17.6 Å². The zero-order valence-electron chi connectivity index (χ0n) is 14.9. The third-order valence-electron chi connectivity index (χ3n) is 4.11. The van der Waals surface area contributed by atoms with E-state index in [0.717, 1.165) is 16.1 Å². The zero-order valence-corrected chi connectivity index (χ0v) is 15.8. The predicted octanol–water partition coefficient (Wildman–Crippen LogP) is 5.28. The van der Waals surface area contributed by atoms with E-state index in [1.807, 2.05) is 29.8 Å². The summed E-state index contributed by atoms with van der Waals surface area (Å²) in [6, 6.07) is 22.6. The molecule has 0 N–H and O–H groups in total. The molecule has 0 aliphatic carbocycles. The average Bonchev–Trinajstić information content (AvgIpc) is 3.37. The van der Waals surface area contributed by atoms with Gasteiger partial charge in [0.1, 0.15) is 5.76 Å². The highest BCUT2D eigenvalue weighted by molar-refractivity contribution is 7.07. The molecule has 5 heteroatoms. The summed E-state index contributed by atoms with van der Waals surface area (Å²) in [5.41, 5.74) is 4.51. The van der Waals surface area contributed by atoms with Crippen LogP contribution in [0, 0.1) is 0 Å². The lowest BCUT2D eigenvalue weighted by molar-refractivity contribution is 0.559. The maximum atomic E-state index is 5.35. The van der Waals surface area contributed by atoms with Crippen molar-refractivity contribution in [1.29, 1.82) is 0 Å². The van der Waals surface area contributed by atoms with Crippen LogP contribution in [-0.2, 0) is 0 Å². The van der Waals surface area contributed by atoms with Crippen molar-refractivity contribution < 1.29 is 4.42 Å². The third kappa shape index (κ3) is 3.83. The first-order valence-electron chi connectivity index (χ1n) is 8.80. The minimum Gasteiger partial charge on any atom is -0.463 e. The molecule has 0 spiro atoms. The van der Waals surface area contributed by atoms with Gasteiger partial charge in [-0.15, -0.1) is 11.3 Å². The van der Waals surface area contributed by atoms with E-state index in [9.17, 15) is 0 Å². The van der Waals surface area contributed by atoms with Crippen LogP contribution in [-0.4, -0.2) is 17.4 Å². The number of furan rings is 1. The van der Waals surface area contributed by atoms with Gasteiger partial charge in [-0.25, -0.2) is 4.68 Å². The summed E-state index contributed by atoms with van der Waals surface area (Å²) in [4.78, 5) is 5.42. The zero-order chi connectivity index (χ0) is 18.5. The Kier molecular flexibility index (Phi) is 5.12. The smallest absolute Gasteiger partial charge is 0.206 e. The molecule has 0 amide bonds. The molecule has 2 aromatic carbocycles. The number of nitrogens with zero attached hydrogens (tertiary/aromatic N) is 3. The Hall–Kier alpha value is -3.18. The molecular weight excluding hydrogens is 354 g/mol. The largest absolute Gasteiger partial charge is 0.463 e. The van der Waals surface area contributed by atoms with Crippen LogP contribution in [0.5, 0.6) is 0 Å². The molecule has 0 radical (unpaired) electrons. The topological polar surface area (TPSA) is 42.8 Å². The van der Waals surface area contributed by atoms with Gasteiger partial charge in [0.25, 0.3) is 0 Å². The molecule has 0 fully saturated rings. The van der Waals surface area contributed by atoms with Gasteiger partial charge >= 0.3 is 0 Å². The lowest BCUT2D eigenvalue weighted by atomic mass is 10.0. The van der Waals surface area contributed by atoms with Crippen LogP contribution in [0.1, 0.15) is 12.7 Å². The van der Waals surface area contributed by atoms with Crippen molar-refractivity contribution in [3.8, 4) is 22.4 Å². The van der Waals surface area contributed by atoms with Gasteiger partial charge in [0.15, 0.2) is 0 Å². The van der Waals surface area contributed by atoms with E-state index in [0.29, 0.717) is 12.3 Å². The van der Waals surface area contributed by atoms with E-state index in [1.54, 1.807) is 23.8 Å². The van der Waals surface area contributed by atoms with Crippen molar-refractivity contribution in [2.75, 3.05) is 6.54 Å². The van der Waals surface area contributed by atoms with Crippen molar-refractivity contribution in [2.45, 2.75) is 6.92 Å². The van der Waals surface area contributed by atoms with Gasteiger partial charge in [-0.3, -0.25) is 4.99 Å². The molecule has 2 heterocycles. The van der Waals surface area contributed by atoms with E-state index in [4.69, 9.17) is 4.42 Å². The van der Waals surface area contributed by atoms with Crippen LogP contribution in [0.2, 0.25) is 0 Å². The predicted molar refractivity (Wildman–Crippen MR) is 111 cm³/mol. The van der Waals surface area contributed by atoms with E-state index in [-0.39, 0.29) is 0 Å². The van der Waals surface area contributed by atoms with Crippen LogP contribution in [0.3, 0.4) is 0 Å². The van der Waals surface area contributed by atoms with Gasteiger partial charge < -0.3 is 4.42 Å². The quantitative estimate of drug-likeness (QED) is 0.439. The van der Waals surface area contributed by atoms with Crippen molar-refractivity contribution in [3.05, 3.63) is 88.9 Å². The summed E-state index contributed by atoms with van der Waals surface area (Å²) in [6.07, 6.45) is 3.35. The average molecular weight is 373 g/mol. The van der Waals surface area contributed by atoms with Crippen LogP contribution >= 0.6 is 11.3 Å². The first kappa shape index (κ1) is 17.2. The van der Waals surface area contributed by atoms with E-state index in [2.05, 4.69) is 64.0 Å². The fraction of sp³-hybridized carbons (Fsp3) is 0.0909. The maximum absolute atomic E-state index is 5.35. The molecule has 0 bridgehead atoms. The third-order valence-corrected chi connectivity index (χ3v) is 4.96. The molecule has 0 aliphatic heterocycles. The Morgan fingerprint density at radius 3 is 2.37 bits per heavy atom. The van der Waals surface area contributed by atoms with Gasteiger partial charge in [0.2, 0.25) is 4.80 Å². The Labute approximate surface area is 161 Å². The second-order valence-corrected chi connectivity index (χ2v) is 6.73. The molecule has 27 heavy (non-hydrogen) atoms. The maximum Gasteiger partial charge on any atom is 0.206 e. The molecule has 0 atom stereocenters. The van der Waals surface area contributed by atoms with Crippen molar-refractivity contribution in [2.24, 2.45) is 10.1 Å². The van der Waals surface area contributed by atoms with Gasteiger partial charge in [-0.2, -0.15) is 5.10 Å². The molecule has 0 saturated heterocycles. The fourth-order valence-electron chi connectivity index (χ4n) is 2.80. The van der Waals surface area contributed by atoms with Crippen molar-refractivity contribution in [1.82, 2.24) is 4.68 Å². The second-order valence-electron chi connectivity index (χ2n) is 5.89. The van der Waals surface area contributed by atoms with Crippen LogP contribution in [0.25, 0.3) is 22.4 Å². The summed E-state index contributed by atoms with van der Waals surface area (Å²) in [7, 11) is 0. The molecule has 0 unspecified atom stereocenters. The summed E-state index contributed by atoms with van der Waals surface area (Å²) < 4.78 is 7.22. The minimum absolute atomic E-state index is 0.710. The van der Waals surface area contributed by atoms with E-state index in [1.165, 1.54) is 11.1 Å². The molecule has 134 valence electrons. The lowest BCUT2D eigenvalue weighted by Gasteiger charge is -2.06. The first-order valence-corrected chi connectivity index (χ1v) is 9.68. The Balaban J connectivity index is 1.72. The molecule has 4 aromatic rings. The number of benzene rings is 2. The summed E-state index contributed by atoms with van der Waals surface area (Å²) >= 11 is 1.59. The second kappa shape index (κ2) is 8.01. The highest BCUT2D eigenvalue weighted by Crippen LogP contribution is 2.25. The van der Waals surface area contributed by atoms with Gasteiger partial charge in [-0.1, -0.05) is 54.6 Å². The first-order chi connectivity index (χ1) is 13.3. The van der Waals surface area contributed by atoms with Crippen LogP contribution < -0.4 is 4.80 Å². The summed E-state index contributed by atoms with van der Waals surface area (Å²) in [5.74, 6) is 0.710. The SMILES string of the molecule is CCN=c1scc(-c2ccc(-c3ccccc3)cc2)n1N=Cc1ccco1. The molecule has 4 nitrogen and oxygen atoms in total. The summed E-state index contributed by atoms with van der Waals surface area (Å²) in [5, 5.41) is 6.69. The molecule has 4 rings (SSSR count). The summed E-state index contributed by atoms with van der Waals surface area (Å²) in [6.45, 7) is 2.73. The highest BCUT2D eigenvalue weighted by Gasteiger charge is 2.08. The van der Waals surface area contributed by atoms with Gasteiger partial charge in [-0.05, 0) is 30.2 Å². The Morgan fingerprint density at radius 2 is 1.67 bits per heavy atom. The van der Waals surface area contributed by atoms with Crippen molar-refractivity contribution in [3.63, 3.8) is 0 Å². The van der Waals surface area contributed by atoms with Gasteiger partial charge in [0.05, 0.1) is 18.2 Å². The minimum atomic E-state index is 0.710. The monoisotopic (exact) mass is 373 g/mol. The fourth-order valence-corrected chi connectivity index (χ4v) is 3.70. The number of aromatic nitrogens is 1.